The Morgan fingerprint density at radius 2 is 1.88 bits per heavy atom. The lowest BCUT2D eigenvalue weighted by molar-refractivity contribution is -0.110. The minimum absolute atomic E-state index is 0.122. The van der Waals surface area contributed by atoms with E-state index in [9.17, 15) is 4.79 Å². The molecule has 7 unspecified atom stereocenters. The summed E-state index contributed by atoms with van der Waals surface area (Å²) in [7, 11) is 2.16. The lowest BCUT2D eigenvalue weighted by Gasteiger charge is -2.44. The van der Waals surface area contributed by atoms with Crippen LogP contribution in [0.1, 0.15) is 59.3 Å². The number of aldehydes is 1. The highest BCUT2D eigenvalue weighted by molar-refractivity contribution is 5.50. The Morgan fingerprint density at radius 3 is 2.44 bits per heavy atom. The highest BCUT2D eigenvalue weighted by Crippen LogP contribution is 2.58. The van der Waals surface area contributed by atoms with E-state index in [4.69, 9.17) is 4.74 Å². The van der Waals surface area contributed by atoms with Crippen molar-refractivity contribution in [3.05, 3.63) is 0 Å². The van der Waals surface area contributed by atoms with Gasteiger partial charge in [-0.15, -0.1) is 0 Å². The molecule has 1 saturated heterocycles. The maximum Gasteiger partial charge on any atom is 0.122 e. The summed E-state index contributed by atoms with van der Waals surface area (Å²) in [5, 5.41) is 6.70. The molecule has 0 spiro atoms. The number of hydrogen-bond acceptors (Lipinski definition) is 4. The predicted molar refractivity (Wildman–Crippen MR) is 104 cm³/mol. The van der Waals surface area contributed by atoms with Crippen LogP contribution in [0.2, 0.25) is 0 Å². The first kappa shape index (κ1) is 20.9. The largest absolute Gasteiger partial charge is 0.375 e. The molecule has 2 bridgehead atoms. The molecule has 0 amide bonds. The van der Waals surface area contributed by atoms with Gasteiger partial charge in [-0.1, -0.05) is 27.2 Å². The molecule has 4 aliphatic rings. The Hall–Kier alpha value is -0.450. The van der Waals surface area contributed by atoms with Crippen molar-refractivity contribution < 1.29 is 9.53 Å². The zero-order valence-electron chi connectivity index (χ0n) is 16.8. The second-order valence-electron chi connectivity index (χ2n) is 8.49. The number of nitrogens with one attached hydrogen (secondary N) is 2. The van der Waals surface area contributed by atoms with Gasteiger partial charge in [-0.25, -0.2) is 0 Å². The molecule has 4 fully saturated rings. The fourth-order valence-corrected chi connectivity index (χ4v) is 5.66. The van der Waals surface area contributed by atoms with E-state index < -0.39 is 0 Å². The molecule has 7 atom stereocenters. The van der Waals surface area contributed by atoms with Crippen LogP contribution in [0.3, 0.4) is 0 Å². The zero-order valence-corrected chi connectivity index (χ0v) is 16.8. The zero-order chi connectivity index (χ0) is 18.2. The van der Waals surface area contributed by atoms with Crippen molar-refractivity contribution in [3.63, 3.8) is 0 Å². The molecule has 4 heteroatoms. The van der Waals surface area contributed by atoms with Gasteiger partial charge in [0.1, 0.15) is 6.29 Å². The summed E-state index contributed by atoms with van der Waals surface area (Å²) in [5.41, 5.74) is 0. The number of hydrogen-bond donors (Lipinski definition) is 2. The molecule has 2 N–H and O–H groups in total. The maximum absolute atomic E-state index is 9.97. The van der Waals surface area contributed by atoms with Crippen LogP contribution in [0.4, 0.5) is 0 Å². The average Bonchev–Trinajstić information content (AvgIpc) is 3.18. The quantitative estimate of drug-likeness (QED) is 0.766. The van der Waals surface area contributed by atoms with Crippen LogP contribution < -0.4 is 10.6 Å². The fourth-order valence-electron chi connectivity index (χ4n) is 5.66. The smallest absolute Gasteiger partial charge is 0.122 e. The summed E-state index contributed by atoms with van der Waals surface area (Å²) < 4.78 is 5.22. The molecule has 0 aromatic rings. The lowest BCUT2D eigenvalue weighted by atomic mass is 9.65. The monoisotopic (exact) mass is 352 g/mol. The Labute approximate surface area is 154 Å². The van der Waals surface area contributed by atoms with Crippen LogP contribution in [0.5, 0.6) is 0 Å². The second kappa shape index (κ2) is 10.6. The second-order valence-corrected chi connectivity index (χ2v) is 8.49. The van der Waals surface area contributed by atoms with Gasteiger partial charge < -0.3 is 20.2 Å². The van der Waals surface area contributed by atoms with E-state index in [0.717, 1.165) is 61.6 Å². The topological polar surface area (TPSA) is 50.4 Å². The van der Waals surface area contributed by atoms with E-state index in [1.54, 1.807) is 12.8 Å². The molecule has 0 aromatic heterocycles. The Bertz CT molecular complexity index is 384. The van der Waals surface area contributed by atoms with E-state index in [1.165, 1.54) is 19.3 Å². The van der Waals surface area contributed by atoms with Gasteiger partial charge in [-0.2, -0.15) is 0 Å². The molecule has 1 aliphatic heterocycles. The van der Waals surface area contributed by atoms with Crippen LogP contribution in [-0.2, 0) is 9.53 Å². The number of carbonyl (C=O) groups excluding carboxylic acids is 1. The van der Waals surface area contributed by atoms with Crippen molar-refractivity contribution in [2.75, 3.05) is 26.7 Å². The normalized spacial score (nSPS) is 41.2. The molecular weight excluding hydrogens is 312 g/mol. The Balaban J connectivity index is 0.000000165. The fraction of sp³-hybridized carbons (Fsp3) is 0.952. The van der Waals surface area contributed by atoms with Crippen molar-refractivity contribution in [2.45, 2.75) is 71.4 Å². The highest BCUT2D eigenvalue weighted by Gasteiger charge is 2.52. The third-order valence-corrected chi connectivity index (χ3v) is 6.45. The minimum Gasteiger partial charge on any atom is -0.375 e. The van der Waals surface area contributed by atoms with Crippen LogP contribution in [-0.4, -0.2) is 45.2 Å². The molecule has 1 heterocycles. The van der Waals surface area contributed by atoms with Crippen molar-refractivity contribution in [3.8, 4) is 0 Å². The average molecular weight is 353 g/mol. The first-order valence-electron chi connectivity index (χ1n) is 10.6. The van der Waals surface area contributed by atoms with E-state index in [2.05, 4.69) is 38.5 Å². The van der Waals surface area contributed by atoms with Crippen LogP contribution in [0.25, 0.3) is 0 Å². The van der Waals surface area contributed by atoms with Gasteiger partial charge in [-0.05, 0) is 62.3 Å². The third-order valence-electron chi connectivity index (χ3n) is 6.45. The van der Waals surface area contributed by atoms with Gasteiger partial charge in [0.2, 0.25) is 0 Å². The molecule has 0 radical (unpaired) electrons. The Kier molecular flexibility index (Phi) is 8.88. The molecule has 146 valence electrons. The van der Waals surface area contributed by atoms with Crippen molar-refractivity contribution in [1.82, 2.24) is 10.6 Å². The van der Waals surface area contributed by atoms with Crippen molar-refractivity contribution in [1.29, 1.82) is 0 Å². The molecule has 25 heavy (non-hydrogen) atoms. The summed E-state index contributed by atoms with van der Waals surface area (Å²) in [5.74, 6) is 5.30. The summed E-state index contributed by atoms with van der Waals surface area (Å²) >= 11 is 0. The van der Waals surface area contributed by atoms with E-state index >= 15 is 0 Å². The van der Waals surface area contributed by atoms with Crippen LogP contribution >= 0.6 is 0 Å². The third kappa shape index (κ3) is 5.51. The first-order valence-corrected chi connectivity index (χ1v) is 10.6. The number of rotatable bonds is 3. The maximum atomic E-state index is 9.97. The molecule has 0 aromatic carbocycles. The highest BCUT2D eigenvalue weighted by atomic mass is 16.5. The van der Waals surface area contributed by atoms with E-state index in [1.807, 2.05) is 0 Å². The van der Waals surface area contributed by atoms with Gasteiger partial charge in [0.25, 0.3) is 0 Å². The Morgan fingerprint density at radius 1 is 1.16 bits per heavy atom. The minimum atomic E-state index is 0.122. The molecular formula is C21H40N2O2. The molecule has 4 rings (SSSR count). The summed E-state index contributed by atoms with van der Waals surface area (Å²) in [4.78, 5) is 9.97. The number of morpholine rings is 1. The number of fused-ring (bicyclic) bond motifs is 1. The summed E-state index contributed by atoms with van der Waals surface area (Å²) in [6, 6.07) is 0.839. The predicted octanol–water partition coefficient (Wildman–Crippen LogP) is 3.26. The number of carbonyl (C=O) groups is 1. The summed E-state index contributed by atoms with van der Waals surface area (Å²) in [6.07, 6.45) is 8.98. The number of ether oxygens (including phenoxy) is 1. The van der Waals surface area contributed by atoms with E-state index in [0.29, 0.717) is 6.42 Å². The SMILES string of the molecule is CCC.CNC1C(C)CC2CC3CC2C1C3.O=CCC1CNCCO1. The van der Waals surface area contributed by atoms with Gasteiger partial charge in [0, 0.05) is 25.6 Å². The van der Waals surface area contributed by atoms with Gasteiger partial charge in [0.15, 0.2) is 0 Å². The van der Waals surface area contributed by atoms with Gasteiger partial charge in [-0.3, -0.25) is 0 Å². The molecule has 3 saturated carbocycles. The molecule has 4 nitrogen and oxygen atoms in total. The lowest BCUT2D eigenvalue weighted by Crippen LogP contribution is -2.48. The van der Waals surface area contributed by atoms with Crippen LogP contribution in [0, 0.1) is 29.6 Å². The van der Waals surface area contributed by atoms with Crippen molar-refractivity contribution in [2.24, 2.45) is 29.6 Å². The van der Waals surface area contributed by atoms with Crippen molar-refractivity contribution >= 4 is 6.29 Å². The molecule has 3 aliphatic carbocycles. The van der Waals surface area contributed by atoms with Crippen LogP contribution in [0.15, 0.2) is 0 Å². The van der Waals surface area contributed by atoms with Gasteiger partial charge in [0.05, 0.1) is 12.7 Å². The van der Waals surface area contributed by atoms with Gasteiger partial charge >= 0.3 is 0 Å². The summed E-state index contributed by atoms with van der Waals surface area (Å²) in [6.45, 7) is 9.16. The van der Waals surface area contributed by atoms with E-state index in [-0.39, 0.29) is 6.10 Å². The standard InChI is InChI=1S/C12H21N.C6H11NO2.C3H8/c1-7-3-9-4-8-5-10(9)11(6-8)12(7)13-2;8-3-1-6-5-7-2-4-9-6;1-3-2/h7-13H,3-6H2,1-2H3;3,6-7H,1-2,4-5H2;3H2,1-2H3. The first-order chi connectivity index (χ1) is 12.1.